The van der Waals surface area contributed by atoms with Crippen LogP contribution in [0.4, 0.5) is 0 Å². The maximum Gasteiger partial charge on any atom is 0.142 e. The summed E-state index contributed by atoms with van der Waals surface area (Å²) in [6.45, 7) is 3.59. The molecule has 0 radical (unpaired) electrons. The molecule has 1 aliphatic carbocycles. The van der Waals surface area contributed by atoms with Crippen molar-refractivity contribution in [3.05, 3.63) is 27.7 Å². The molecule has 19 heavy (non-hydrogen) atoms. The van der Waals surface area contributed by atoms with Gasteiger partial charge in [-0.1, -0.05) is 30.1 Å². The van der Waals surface area contributed by atoms with Crippen LogP contribution in [0.15, 0.2) is 12.1 Å². The van der Waals surface area contributed by atoms with E-state index in [0.29, 0.717) is 22.7 Å². The zero-order valence-electron chi connectivity index (χ0n) is 11.0. The fourth-order valence-electron chi connectivity index (χ4n) is 1.80. The molecule has 0 aromatic heterocycles. The van der Waals surface area contributed by atoms with Crippen LogP contribution in [0.3, 0.4) is 0 Å². The topological polar surface area (TPSA) is 21.3 Å². The van der Waals surface area contributed by atoms with Crippen LogP contribution in [0.5, 0.6) is 5.75 Å². The Morgan fingerprint density at radius 1 is 1.37 bits per heavy atom. The van der Waals surface area contributed by atoms with Crippen molar-refractivity contribution < 1.29 is 4.74 Å². The van der Waals surface area contributed by atoms with Gasteiger partial charge in [-0.15, -0.1) is 0 Å². The van der Waals surface area contributed by atoms with Crippen molar-refractivity contribution in [2.45, 2.75) is 32.4 Å². The molecule has 0 heterocycles. The first-order valence-corrected chi connectivity index (χ1v) is 8.53. The molecular weight excluding hydrogens is 301 g/mol. The highest BCUT2D eigenvalue weighted by atomic mass is 35.5. The van der Waals surface area contributed by atoms with Crippen LogP contribution < -0.4 is 10.1 Å². The SMILES string of the molecule is CCSCCOc1c(Cl)cc(Cl)cc1CNC1CC1. The van der Waals surface area contributed by atoms with Gasteiger partial charge in [0.2, 0.25) is 0 Å². The third kappa shape index (κ3) is 5.07. The van der Waals surface area contributed by atoms with Gasteiger partial charge in [0.15, 0.2) is 0 Å². The fourth-order valence-corrected chi connectivity index (χ4v) is 2.88. The van der Waals surface area contributed by atoms with Crippen molar-refractivity contribution in [2.24, 2.45) is 0 Å². The Morgan fingerprint density at radius 3 is 2.84 bits per heavy atom. The van der Waals surface area contributed by atoms with Gasteiger partial charge in [-0.3, -0.25) is 0 Å². The van der Waals surface area contributed by atoms with Gasteiger partial charge in [0.05, 0.1) is 11.6 Å². The minimum Gasteiger partial charge on any atom is -0.491 e. The van der Waals surface area contributed by atoms with Crippen molar-refractivity contribution in [3.8, 4) is 5.75 Å². The molecule has 0 aliphatic heterocycles. The van der Waals surface area contributed by atoms with Crippen LogP contribution in [0.1, 0.15) is 25.3 Å². The molecule has 5 heteroatoms. The Labute approximate surface area is 129 Å². The highest BCUT2D eigenvalue weighted by Gasteiger charge is 2.21. The van der Waals surface area contributed by atoms with Crippen LogP contribution in [-0.4, -0.2) is 24.2 Å². The largest absolute Gasteiger partial charge is 0.491 e. The van der Waals surface area contributed by atoms with Crippen LogP contribution in [-0.2, 0) is 6.54 Å². The molecule has 0 bridgehead atoms. The minimum atomic E-state index is 0.599. The Balaban J connectivity index is 1.99. The van der Waals surface area contributed by atoms with Crippen LogP contribution in [0.25, 0.3) is 0 Å². The number of rotatable bonds is 8. The van der Waals surface area contributed by atoms with E-state index in [9.17, 15) is 0 Å². The van der Waals surface area contributed by atoms with Crippen molar-refractivity contribution >= 4 is 35.0 Å². The Bertz CT molecular complexity index is 424. The van der Waals surface area contributed by atoms with E-state index in [2.05, 4.69) is 12.2 Å². The van der Waals surface area contributed by atoms with Gasteiger partial charge in [0, 0.05) is 28.9 Å². The summed E-state index contributed by atoms with van der Waals surface area (Å²) < 4.78 is 5.83. The van der Waals surface area contributed by atoms with E-state index in [0.717, 1.165) is 29.4 Å². The molecule has 1 N–H and O–H groups in total. The first-order chi connectivity index (χ1) is 9.20. The maximum absolute atomic E-state index is 6.23. The van der Waals surface area contributed by atoms with E-state index in [1.165, 1.54) is 12.8 Å². The second-order valence-corrected chi connectivity index (χ2v) is 6.81. The summed E-state index contributed by atoms with van der Waals surface area (Å²) in [6.07, 6.45) is 2.52. The van der Waals surface area contributed by atoms with Gasteiger partial charge in [-0.2, -0.15) is 11.8 Å². The average molecular weight is 320 g/mol. The van der Waals surface area contributed by atoms with Gasteiger partial charge < -0.3 is 10.1 Å². The van der Waals surface area contributed by atoms with E-state index in [4.69, 9.17) is 27.9 Å². The summed E-state index contributed by atoms with van der Waals surface area (Å²) in [6, 6.07) is 4.33. The van der Waals surface area contributed by atoms with E-state index in [1.54, 1.807) is 6.07 Å². The van der Waals surface area contributed by atoms with E-state index in [1.807, 2.05) is 17.8 Å². The molecule has 1 aromatic rings. The maximum atomic E-state index is 6.23. The van der Waals surface area contributed by atoms with Crippen molar-refractivity contribution in [2.75, 3.05) is 18.1 Å². The molecule has 106 valence electrons. The Kier molecular flexibility index (Phi) is 6.14. The van der Waals surface area contributed by atoms with Crippen LogP contribution in [0, 0.1) is 0 Å². The number of halogens is 2. The fraction of sp³-hybridized carbons (Fsp3) is 0.571. The first kappa shape index (κ1) is 15.3. The normalized spacial score (nSPS) is 14.7. The number of hydrogen-bond donors (Lipinski definition) is 1. The minimum absolute atomic E-state index is 0.599. The zero-order chi connectivity index (χ0) is 13.7. The highest BCUT2D eigenvalue weighted by Crippen LogP contribution is 2.33. The summed E-state index contributed by atoms with van der Waals surface area (Å²) in [5.41, 5.74) is 1.05. The predicted octanol–water partition coefficient (Wildman–Crippen LogP) is 4.38. The molecule has 1 aromatic carbocycles. The molecule has 0 atom stereocenters. The third-order valence-corrected chi connectivity index (χ3v) is 4.28. The quantitative estimate of drug-likeness (QED) is 0.718. The van der Waals surface area contributed by atoms with Crippen LogP contribution >= 0.6 is 35.0 Å². The summed E-state index contributed by atoms with van der Waals surface area (Å²) in [5.74, 6) is 2.86. The molecular formula is C14H19Cl2NOS. The predicted molar refractivity (Wildman–Crippen MR) is 84.8 cm³/mol. The smallest absolute Gasteiger partial charge is 0.142 e. The molecule has 0 amide bonds. The van der Waals surface area contributed by atoms with E-state index in [-0.39, 0.29) is 0 Å². The van der Waals surface area contributed by atoms with Crippen molar-refractivity contribution in [1.29, 1.82) is 0 Å². The molecule has 1 saturated carbocycles. The Morgan fingerprint density at radius 2 is 2.16 bits per heavy atom. The molecule has 1 fully saturated rings. The summed E-state index contributed by atoms with van der Waals surface area (Å²) in [7, 11) is 0. The highest BCUT2D eigenvalue weighted by molar-refractivity contribution is 7.99. The third-order valence-electron chi connectivity index (χ3n) is 2.92. The monoisotopic (exact) mass is 319 g/mol. The van der Waals surface area contributed by atoms with Gasteiger partial charge >= 0.3 is 0 Å². The van der Waals surface area contributed by atoms with E-state index >= 15 is 0 Å². The number of nitrogens with one attached hydrogen (secondary N) is 1. The van der Waals surface area contributed by atoms with Gasteiger partial charge in [-0.25, -0.2) is 0 Å². The molecule has 0 saturated heterocycles. The average Bonchev–Trinajstić information content (AvgIpc) is 3.18. The van der Waals surface area contributed by atoms with Gasteiger partial charge in [0.25, 0.3) is 0 Å². The van der Waals surface area contributed by atoms with Crippen LogP contribution in [0.2, 0.25) is 10.0 Å². The summed E-state index contributed by atoms with van der Waals surface area (Å²) >= 11 is 14.2. The summed E-state index contributed by atoms with van der Waals surface area (Å²) in [5, 5.41) is 4.73. The number of hydrogen-bond acceptors (Lipinski definition) is 3. The molecule has 0 spiro atoms. The van der Waals surface area contributed by atoms with E-state index < -0.39 is 0 Å². The van der Waals surface area contributed by atoms with Gasteiger partial charge in [-0.05, 0) is 30.7 Å². The lowest BCUT2D eigenvalue weighted by molar-refractivity contribution is 0.339. The lowest BCUT2D eigenvalue weighted by atomic mass is 10.2. The van der Waals surface area contributed by atoms with Crippen molar-refractivity contribution in [1.82, 2.24) is 5.32 Å². The lowest BCUT2D eigenvalue weighted by Gasteiger charge is -2.14. The molecule has 1 aliphatic rings. The Hall–Kier alpha value is -0.0900. The zero-order valence-corrected chi connectivity index (χ0v) is 13.4. The van der Waals surface area contributed by atoms with Crippen molar-refractivity contribution in [3.63, 3.8) is 0 Å². The second kappa shape index (κ2) is 7.63. The number of thioether (sulfide) groups is 1. The summed E-state index contributed by atoms with van der Waals surface area (Å²) in [4.78, 5) is 0. The number of ether oxygens (including phenoxy) is 1. The second-order valence-electron chi connectivity index (χ2n) is 4.58. The number of benzene rings is 1. The first-order valence-electron chi connectivity index (χ1n) is 6.62. The molecule has 2 rings (SSSR count). The molecule has 0 unspecified atom stereocenters. The van der Waals surface area contributed by atoms with Gasteiger partial charge in [0.1, 0.15) is 5.75 Å². The standard InChI is InChI=1S/C14H19Cl2NOS/c1-2-19-6-5-18-14-10(9-17-12-3-4-12)7-11(15)8-13(14)16/h7-8,12,17H,2-6,9H2,1H3. The molecule has 2 nitrogen and oxygen atoms in total. The lowest BCUT2D eigenvalue weighted by Crippen LogP contribution is -2.16.